The van der Waals surface area contributed by atoms with Crippen LogP contribution in [-0.2, 0) is 0 Å². The average molecular weight is 450 g/mol. The first kappa shape index (κ1) is 21.0. The van der Waals surface area contributed by atoms with Gasteiger partial charge in [-0.2, -0.15) is 0 Å². The van der Waals surface area contributed by atoms with Gasteiger partial charge in [-0.05, 0) is 44.0 Å². The molecule has 1 N–H and O–H groups in total. The fourth-order valence-corrected chi connectivity index (χ4v) is 5.01. The van der Waals surface area contributed by atoms with Crippen molar-refractivity contribution in [1.82, 2.24) is 9.97 Å². The van der Waals surface area contributed by atoms with Crippen LogP contribution in [0.1, 0.15) is 27.0 Å². The van der Waals surface area contributed by atoms with E-state index in [-0.39, 0.29) is 5.91 Å². The Morgan fingerprint density at radius 2 is 1.52 bits per heavy atom. The summed E-state index contributed by atoms with van der Waals surface area (Å²) in [6, 6.07) is 23.8. The zero-order chi connectivity index (χ0) is 22.9. The molecule has 0 radical (unpaired) electrons. The first-order valence-corrected chi connectivity index (χ1v) is 11.7. The van der Waals surface area contributed by atoms with Gasteiger partial charge in [-0.15, -0.1) is 11.3 Å². The number of hydrogen-bond acceptors (Lipinski definition) is 4. The SMILES string of the molecule is Cc1cc(C)c(-c2csc(NC(=O)c3cc(-c4ccccc4)nc4ccccc34)n2)c(C)c1. The van der Waals surface area contributed by atoms with Crippen LogP contribution >= 0.6 is 11.3 Å². The number of hydrogen-bond donors (Lipinski definition) is 1. The summed E-state index contributed by atoms with van der Waals surface area (Å²) in [5.74, 6) is -0.191. The summed E-state index contributed by atoms with van der Waals surface area (Å²) in [6.07, 6.45) is 0. The standard InChI is InChI=1S/C28H23N3OS/c1-17-13-18(2)26(19(3)14-17)25-16-33-28(30-25)31-27(32)22-15-24(20-9-5-4-6-10-20)29-23-12-8-7-11-21(22)23/h4-16H,1-3H3,(H,30,31,32). The Morgan fingerprint density at radius 3 is 2.27 bits per heavy atom. The molecule has 5 heteroatoms. The predicted octanol–water partition coefficient (Wildman–Crippen LogP) is 7.20. The van der Waals surface area contributed by atoms with Gasteiger partial charge in [0.2, 0.25) is 0 Å². The van der Waals surface area contributed by atoms with Crippen LogP contribution in [0.2, 0.25) is 0 Å². The average Bonchev–Trinajstić information content (AvgIpc) is 3.26. The summed E-state index contributed by atoms with van der Waals surface area (Å²) in [5.41, 5.74) is 8.72. The fraction of sp³-hybridized carbons (Fsp3) is 0.107. The number of carbonyl (C=O) groups is 1. The van der Waals surface area contributed by atoms with Gasteiger partial charge in [-0.1, -0.05) is 66.2 Å². The number of anilines is 1. The van der Waals surface area contributed by atoms with E-state index in [4.69, 9.17) is 9.97 Å². The minimum atomic E-state index is -0.191. The molecule has 0 bridgehead atoms. The third-order valence-corrected chi connectivity index (χ3v) is 6.45. The molecule has 5 rings (SSSR count). The Bertz CT molecular complexity index is 1470. The van der Waals surface area contributed by atoms with Crippen LogP contribution < -0.4 is 5.32 Å². The Morgan fingerprint density at radius 1 is 0.818 bits per heavy atom. The van der Waals surface area contributed by atoms with Gasteiger partial charge in [0, 0.05) is 21.9 Å². The lowest BCUT2D eigenvalue weighted by atomic mass is 9.98. The van der Waals surface area contributed by atoms with Crippen LogP contribution in [0.15, 0.2) is 78.2 Å². The van der Waals surface area contributed by atoms with Crippen molar-refractivity contribution in [3.63, 3.8) is 0 Å². The number of fused-ring (bicyclic) bond motifs is 1. The largest absolute Gasteiger partial charge is 0.298 e. The molecule has 5 aromatic rings. The fourth-order valence-electron chi connectivity index (χ4n) is 4.31. The zero-order valence-electron chi connectivity index (χ0n) is 18.7. The second-order valence-electron chi connectivity index (χ2n) is 8.20. The molecule has 0 atom stereocenters. The lowest BCUT2D eigenvalue weighted by Crippen LogP contribution is -2.13. The lowest BCUT2D eigenvalue weighted by Gasteiger charge is -2.10. The smallest absolute Gasteiger partial charge is 0.258 e. The molecule has 0 aliphatic rings. The quantitative estimate of drug-likeness (QED) is 0.315. The van der Waals surface area contributed by atoms with Crippen LogP contribution in [0, 0.1) is 20.8 Å². The molecule has 3 aromatic carbocycles. The third kappa shape index (κ3) is 4.15. The van der Waals surface area contributed by atoms with Gasteiger partial charge in [0.25, 0.3) is 5.91 Å². The number of para-hydroxylation sites is 1. The maximum absolute atomic E-state index is 13.4. The van der Waals surface area contributed by atoms with E-state index in [1.165, 1.54) is 28.0 Å². The monoisotopic (exact) mass is 449 g/mol. The molecule has 1 amide bonds. The van der Waals surface area contributed by atoms with Crippen molar-refractivity contribution in [3.8, 4) is 22.5 Å². The Hall–Kier alpha value is -3.83. The highest BCUT2D eigenvalue weighted by atomic mass is 32.1. The Balaban J connectivity index is 1.51. The Kier molecular flexibility index (Phi) is 5.48. The summed E-state index contributed by atoms with van der Waals surface area (Å²) in [6.45, 7) is 6.29. The van der Waals surface area contributed by atoms with Crippen molar-refractivity contribution in [2.75, 3.05) is 5.32 Å². The number of nitrogens with zero attached hydrogens (tertiary/aromatic N) is 2. The van der Waals surface area contributed by atoms with Gasteiger partial charge in [-0.25, -0.2) is 9.97 Å². The van der Waals surface area contributed by atoms with Gasteiger partial charge in [0.15, 0.2) is 5.13 Å². The second-order valence-corrected chi connectivity index (χ2v) is 9.06. The van der Waals surface area contributed by atoms with Crippen molar-refractivity contribution >= 4 is 33.3 Å². The molecule has 33 heavy (non-hydrogen) atoms. The molecule has 0 aliphatic heterocycles. The van der Waals surface area contributed by atoms with Gasteiger partial charge in [-0.3, -0.25) is 10.1 Å². The van der Waals surface area contributed by atoms with Crippen molar-refractivity contribution < 1.29 is 4.79 Å². The molecule has 2 heterocycles. The molecule has 0 saturated carbocycles. The second kappa shape index (κ2) is 8.60. The van der Waals surface area contributed by atoms with E-state index in [1.807, 2.05) is 66.0 Å². The van der Waals surface area contributed by atoms with Crippen molar-refractivity contribution in [2.45, 2.75) is 20.8 Å². The lowest BCUT2D eigenvalue weighted by molar-refractivity contribution is 0.102. The molecule has 0 fully saturated rings. The molecule has 0 spiro atoms. The first-order chi connectivity index (χ1) is 16.0. The highest BCUT2D eigenvalue weighted by Crippen LogP contribution is 2.32. The summed E-state index contributed by atoms with van der Waals surface area (Å²) < 4.78 is 0. The number of nitrogens with one attached hydrogen (secondary N) is 1. The summed E-state index contributed by atoms with van der Waals surface area (Å²) in [7, 11) is 0. The maximum Gasteiger partial charge on any atom is 0.258 e. The van der Waals surface area contributed by atoms with Crippen LogP contribution in [-0.4, -0.2) is 15.9 Å². The van der Waals surface area contributed by atoms with Gasteiger partial charge in [0.05, 0.1) is 22.5 Å². The van der Waals surface area contributed by atoms with E-state index in [0.29, 0.717) is 10.7 Å². The topological polar surface area (TPSA) is 54.9 Å². The molecule has 2 aromatic heterocycles. The summed E-state index contributed by atoms with van der Waals surface area (Å²) >= 11 is 1.44. The molecule has 162 valence electrons. The highest BCUT2D eigenvalue weighted by molar-refractivity contribution is 7.14. The number of benzene rings is 3. The van der Waals surface area contributed by atoms with Crippen LogP contribution in [0.4, 0.5) is 5.13 Å². The molecule has 4 nitrogen and oxygen atoms in total. The predicted molar refractivity (Wildman–Crippen MR) is 137 cm³/mol. The van der Waals surface area contributed by atoms with E-state index in [2.05, 4.69) is 38.2 Å². The number of carbonyl (C=O) groups excluding carboxylic acids is 1. The molecular weight excluding hydrogens is 426 g/mol. The molecule has 0 aliphatic carbocycles. The number of rotatable bonds is 4. The minimum absolute atomic E-state index is 0.191. The van der Waals surface area contributed by atoms with Crippen molar-refractivity contribution in [1.29, 1.82) is 0 Å². The Labute approximate surface area is 197 Å². The van der Waals surface area contributed by atoms with Crippen LogP contribution in [0.3, 0.4) is 0 Å². The first-order valence-electron chi connectivity index (χ1n) is 10.8. The maximum atomic E-state index is 13.4. The van der Waals surface area contributed by atoms with E-state index in [1.54, 1.807) is 0 Å². The molecule has 0 saturated heterocycles. The summed E-state index contributed by atoms with van der Waals surface area (Å²) in [5, 5.41) is 6.41. The number of pyridine rings is 1. The van der Waals surface area contributed by atoms with Crippen LogP contribution in [0.5, 0.6) is 0 Å². The normalized spacial score (nSPS) is 11.0. The summed E-state index contributed by atoms with van der Waals surface area (Å²) in [4.78, 5) is 22.9. The highest BCUT2D eigenvalue weighted by Gasteiger charge is 2.17. The van der Waals surface area contributed by atoms with Crippen LogP contribution in [0.25, 0.3) is 33.4 Å². The van der Waals surface area contributed by atoms with Gasteiger partial charge in [0.1, 0.15) is 0 Å². The molecular formula is C28H23N3OS. The third-order valence-electron chi connectivity index (χ3n) is 5.69. The van der Waals surface area contributed by atoms with Crippen molar-refractivity contribution in [3.05, 3.63) is 100 Å². The van der Waals surface area contributed by atoms with E-state index in [9.17, 15) is 4.79 Å². The van der Waals surface area contributed by atoms with E-state index >= 15 is 0 Å². The minimum Gasteiger partial charge on any atom is -0.298 e. The number of aryl methyl sites for hydroxylation is 3. The number of thiazole rings is 1. The van der Waals surface area contributed by atoms with Crippen molar-refractivity contribution in [2.24, 2.45) is 0 Å². The zero-order valence-corrected chi connectivity index (χ0v) is 19.5. The number of aromatic nitrogens is 2. The number of amides is 1. The van der Waals surface area contributed by atoms with Gasteiger partial charge < -0.3 is 0 Å². The van der Waals surface area contributed by atoms with Gasteiger partial charge >= 0.3 is 0 Å². The van der Waals surface area contributed by atoms with E-state index in [0.717, 1.165) is 33.4 Å². The molecule has 0 unspecified atom stereocenters. The van der Waals surface area contributed by atoms with E-state index < -0.39 is 0 Å².